The number of aromatic nitrogens is 2. The van der Waals surface area contributed by atoms with Crippen LogP contribution in [0.1, 0.15) is 44.0 Å². The van der Waals surface area contributed by atoms with Gasteiger partial charge in [0.2, 0.25) is 0 Å². The van der Waals surface area contributed by atoms with Gasteiger partial charge in [0.15, 0.2) is 5.75 Å². The van der Waals surface area contributed by atoms with E-state index in [2.05, 4.69) is 31.1 Å². The zero-order valence-corrected chi connectivity index (χ0v) is 13.3. The van der Waals surface area contributed by atoms with Gasteiger partial charge < -0.3 is 9.84 Å². The van der Waals surface area contributed by atoms with Crippen molar-refractivity contribution in [2.45, 2.75) is 45.8 Å². The van der Waals surface area contributed by atoms with Gasteiger partial charge in [0, 0.05) is 6.54 Å². The predicted molar refractivity (Wildman–Crippen MR) is 83.6 cm³/mol. The van der Waals surface area contributed by atoms with Crippen molar-refractivity contribution in [1.82, 2.24) is 9.78 Å². The minimum absolute atomic E-state index is 0.619. The van der Waals surface area contributed by atoms with Crippen LogP contribution in [0.4, 0.5) is 0 Å². The molecule has 0 aliphatic heterocycles. The van der Waals surface area contributed by atoms with Gasteiger partial charge in [-0.2, -0.15) is 5.10 Å². The number of nitrogens with zero attached hydrogens (tertiary/aromatic N) is 2. The monoisotopic (exact) mass is 288 g/mol. The summed E-state index contributed by atoms with van der Waals surface area (Å²) in [5.41, 5.74) is 1.67. The lowest BCUT2D eigenvalue weighted by atomic mass is 9.91. The first-order valence-corrected chi connectivity index (χ1v) is 7.46. The molecule has 2 rings (SSSR count). The lowest BCUT2D eigenvalue weighted by molar-refractivity contribution is 0.0882. The molecule has 2 aromatic rings. The van der Waals surface area contributed by atoms with Crippen LogP contribution in [0.2, 0.25) is 0 Å². The van der Waals surface area contributed by atoms with Gasteiger partial charge in [-0.1, -0.05) is 38.1 Å². The highest BCUT2D eigenvalue weighted by Gasteiger charge is 2.33. The zero-order valence-electron chi connectivity index (χ0n) is 13.3. The topological polar surface area (TPSA) is 47.3 Å². The van der Waals surface area contributed by atoms with Crippen LogP contribution < -0.4 is 4.74 Å². The van der Waals surface area contributed by atoms with E-state index in [1.807, 2.05) is 16.8 Å². The fourth-order valence-electron chi connectivity index (χ4n) is 2.59. The van der Waals surface area contributed by atoms with Gasteiger partial charge in [-0.25, -0.2) is 0 Å². The minimum Gasteiger partial charge on any atom is -0.493 e. The largest absolute Gasteiger partial charge is 0.493 e. The van der Waals surface area contributed by atoms with E-state index in [0.717, 1.165) is 24.9 Å². The van der Waals surface area contributed by atoms with Crippen LogP contribution in [0.5, 0.6) is 5.75 Å². The zero-order chi connectivity index (χ0) is 15.5. The molecule has 0 saturated carbocycles. The van der Waals surface area contributed by atoms with Crippen LogP contribution in [0, 0.1) is 0 Å². The predicted octanol–water partition coefficient (Wildman–Crippen LogP) is 3.12. The molecule has 1 atom stereocenters. The average Bonchev–Trinajstić information content (AvgIpc) is 2.91. The van der Waals surface area contributed by atoms with Crippen LogP contribution in [-0.4, -0.2) is 22.0 Å². The summed E-state index contributed by atoms with van der Waals surface area (Å²) in [6.07, 6.45) is 3.60. The van der Waals surface area contributed by atoms with Gasteiger partial charge in [-0.05, 0) is 30.9 Å². The molecule has 0 bridgehead atoms. The number of benzene rings is 1. The Balaban J connectivity index is 2.48. The maximum Gasteiger partial charge on any atom is 0.163 e. The molecule has 1 aromatic heterocycles. The van der Waals surface area contributed by atoms with Crippen molar-refractivity contribution < 1.29 is 9.84 Å². The first kappa shape index (κ1) is 15.6. The first-order valence-electron chi connectivity index (χ1n) is 7.46. The summed E-state index contributed by atoms with van der Waals surface area (Å²) >= 11 is 0. The van der Waals surface area contributed by atoms with Crippen molar-refractivity contribution in [3.8, 4) is 5.75 Å². The SMILES string of the molecule is CCCn1ncc(OC)c1C(C)(O)c1ccc(CC)cc1. The molecule has 1 unspecified atom stereocenters. The highest BCUT2D eigenvalue weighted by Crippen LogP contribution is 2.35. The third kappa shape index (κ3) is 2.95. The third-order valence-corrected chi connectivity index (χ3v) is 3.85. The first-order chi connectivity index (χ1) is 10.0. The molecule has 0 aliphatic rings. The summed E-state index contributed by atoms with van der Waals surface area (Å²) < 4.78 is 7.21. The van der Waals surface area contributed by atoms with Crippen molar-refractivity contribution in [1.29, 1.82) is 0 Å². The van der Waals surface area contributed by atoms with Crippen LogP contribution in [-0.2, 0) is 18.6 Å². The Bertz CT molecular complexity index is 585. The summed E-state index contributed by atoms with van der Waals surface area (Å²) in [4.78, 5) is 0. The van der Waals surface area contributed by atoms with Crippen molar-refractivity contribution >= 4 is 0 Å². The van der Waals surface area contributed by atoms with Crippen molar-refractivity contribution in [3.05, 3.63) is 47.3 Å². The molecule has 0 amide bonds. The van der Waals surface area contributed by atoms with Crippen molar-refractivity contribution in [2.24, 2.45) is 0 Å². The van der Waals surface area contributed by atoms with Gasteiger partial charge in [0.25, 0.3) is 0 Å². The molecule has 21 heavy (non-hydrogen) atoms. The molecule has 0 saturated heterocycles. The number of aryl methyl sites for hydroxylation is 2. The van der Waals surface area contributed by atoms with E-state index in [4.69, 9.17) is 4.74 Å². The van der Waals surface area contributed by atoms with Crippen molar-refractivity contribution in [3.63, 3.8) is 0 Å². The Morgan fingerprint density at radius 2 is 1.90 bits per heavy atom. The molecule has 1 N–H and O–H groups in total. The van der Waals surface area contributed by atoms with Gasteiger partial charge in [0.1, 0.15) is 11.3 Å². The smallest absolute Gasteiger partial charge is 0.163 e. The molecule has 0 spiro atoms. The second kappa shape index (κ2) is 6.31. The highest BCUT2D eigenvalue weighted by atomic mass is 16.5. The summed E-state index contributed by atoms with van der Waals surface area (Å²) in [6.45, 7) is 6.75. The molecule has 1 aromatic carbocycles. The molecular weight excluding hydrogens is 264 g/mol. The van der Waals surface area contributed by atoms with Crippen LogP contribution >= 0.6 is 0 Å². The third-order valence-electron chi connectivity index (χ3n) is 3.85. The Morgan fingerprint density at radius 3 is 2.43 bits per heavy atom. The van der Waals surface area contributed by atoms with E-state index >= 15 is 0 Å². The number of hydrogen-bond acceptors (Lipinski definition) is 3. The Morgan fingerprint density at radius 1 is 1.24 bits per heavy atom. The fourth-order valence-corrected chi connectivity index (χ4v) is 2.59. The van der Waals surface area contributed by atoms with Crippen LogP contribution in [0.25, 0.3) is 0 Å². The maximum absolute atomic E-state index is 11.1. The Kier molecular flexibility index (Phi) is 4.68. The lowest BCUT2D eigenvalue weighted by Crippen LogP contribution is -2.27. The fraction of sp³-hybridized carbons (Fsp3) is 0.471. The van der Waals surface area contributed by atoms with Crippen LogP contribution in [0.15, 0.2) is 30.5 Å². The quantitative estimate of drug-likeness (QED) is 0.888. The minimum atomic E-state index is -1.14. The molecule has 4 nitrogen and oxygen atoms in total. The Labute approximate surface area is 126 Å². The number of hydrogen-bond donors (Lipinski definition) is 1. The second-order valence-corrected chi connectivity index (χ2v) is 5.41. The van der Waals surface area contributed by atoms with Gasteiger partial charge in [0.05, 0.1) is 13.3 Å². The normalized spacial score (nSPS) is 14.0. The molecule has 0 aliphatic carbocycles. The van der Waals surface area contributed by atoms with Crippen molar-refractivity contribution in [2.75, 3.05) is 7.11 Å². The summed E-state index contributed by atoms with van der Waals surface area (Å²) in [6, 6.07) is 8.05. The maximum atomic E-state index is 11.1. The number of ether oxygens (including phenoxy) is 1. The molecule has 114 valence electrons. The van der Waals surface area contributed by atoms with E-state index in [1.54, 1.807) is 20.2 Å². The van der Waals surface area contributed by atoms with E-state index in [1.165, 1.54) is 5.56 Å². The summed E-state index contributed by atoms with van der Waals surface area (Å²) in [7, 11) is 1.60. The lowest BCUT2D eigenvalue weighted by Gasteiger charge is -2.26. The van der Waals surface area contributed by atoms with E-state index in [0.29, 0.717) is 11.4 Å². The van der Waals surface area contributed by atoms with E-state index < -0.39 is 5.60 Å². The molecule has 1 heterocycles. The average molecular weight is 288 g/mol. The van der Waals surface area contributed by atoms with Crippen LogP contribution in [0.3, 0.4) is 0 Å². The molecule has 0 fully saturated rings. The van der Waals surface area contributed by atoms with E-state index in [-0.39, 0.29) is 0 Å². The molecular formula is C17H24N2O2. The van der Waals surface area contributed by atoms with Gasteiger partial charge in [-0.3, -0.25) is 4.68 Å². The standard InChI is InChI=1S/C17H24N2O2/c1-5-11-19-16(15(21-4)12-18-19)17(3,20)14-9-7-13(6-2)8-10-14/h7-10,12,20H,5-6,11H2,1-4H3. The summed E-state index contributed by atoms with van der Waals surface area (Å²) in [5, 5.41) is 15.4. The number of methoxy groups -OCH3 is 1. The number of rotatable bonds is 6. The second-order valence-electron chi connectivity index (χ2n) is 5.41. The highest BCUT2D eigenvalue weighted by molar-refractivity contribution is 5.40. The molecule has 0 radical (unpaired) electrons. The summed E-state index contributed by atoms with van der Waals surface area (Å²) in [5.74, 6) is 0.619. The Hall–Kier alpha value is -1.81. The number of aliphatic hydroxyl groups is 1. The van der Waals surface area contributed by atoms with E-state index in [9.17, 15) is 5.11 Å². The van der Waals surface area contributed by atoms with Gasteiger partial charge >= 0.3 is 0 Å². The van der Waals surface area contributed by atoms with Gasteiger partial charge in [-0.15, -0.1) is 0 Å². The molecule has 4 heteroatoms.